The quantitative estimate of drug-likeness (QED) is 0.169. The number of fused-ring (bicyclic) bond motifs is 24. The molecule has 11 nitrogen and oxygen atoms in total. The standard InChI is InChI=1S/C84H46N10O/c85-44-49-25-30-76-63(37-49)61-18-6-12-24-75(61)90(76)52-28-33-80-66(40-52)84(67-41-53(29-34-81(67)95-80)91-77-31-26-50(45-86)38-64(77)65-39-51(27-32-78(65)91)92-70-19-7-5-17-60(70)62-35-36-87-48-79(62)92)68-42-54(93-71-20-8-1-13-56(71)57-14-2-9-21-72(57)93)46-88-82(68)83-69(84)43-55(47-89-83)94-73-22-10-3-15-58(73)59-16-4-11-23-74(59)94/h1-43,46-48H. The van der Waals surface area contributed by atoms with Crippen LogP contribution in [-0.2, 0) is 5.41 Å². The maximum absolute atomic E-state index is 10.6. The van der Waals surface area contributed by atoms with Gasteiger partial charge in [0, 0.05) is 99.4 Å². The first-order valence-electron chi connectivity index (χ1n) is 31.7. The van der Waals surface area contributed by atoms with Gasteiger partial charge >= 0.3 is 0 Å². The van der Waals surface area contributed by atoms with Gasteiger partial charge in [-0.05, 0) is 146 Å². The normalized spacial score (nSPS) is 13.0. The zero-order chi connectivity index (χ0) is 62.4. The van der Waals surface area contributed by atoms with Crippen LogP contribution in [0.25, 0.3) is 149 Å². The molecule has 9 heterocycles. The highest BCUT2D eigenvalue weighted by Gasteiger charge is 2.54. The molecule has 438 valence electrons. The summed E-state index contributed by atoms with van der Waals surface area (Å²) in [6.45, 7) is 0. The van der Waals surface area contributed by atoms with Crippen molar-refractivity contribution in [3.63, 3.8) is 0 Å². The third-order valence-corrected chi connectivity index (χ3v) is 20.3. The summed E-state index contributed by atoms with van der Waals surface area (Å²) in [5.41, 5.74) is 20.1. The molecule has 95 heavy (non-hydrogen) atoms. The molecule has 11 heteroatoms. The minimum absolute atomic E-state index is 0.569. The van der Waals surface area contributed by atoms with Crippen molar-refractivity contribution in [1.82, 2.24) is 37.8 Å². The lowest BCUT2D eigenvalue weighted by atomic mass is 9.66. The average Bonchev–Trinajstić information content (AvgIpc) is 1.50. The predicted octanol–water partition coefficient (Wildman–Crippen LogP) is 19.6. The molecule has 0 saturated carbocycles. The van der Waals surface area contributed by atoms with E-state index in [9.17, 15) is 10.5 Å². The van der Waals surface area contributed by atoms with E-state index in [1.165, 1.54) is 0 Å². The Kier molecular flexibility index (Phi) is 10.2. The SMILES string of the molecule is N#Cc1ccc2c(c1)c1ccccc1n2-c1ccc2c(c1)C1(c3cc(-n4c5ccc(C#N)cc5c5cc(-n6c7ccccc7c7ccncc76)ccc54)ccc3O2)c2cc(-n3c4ccccc4c4ccccc43)cnc2-c2ncc(-n3c4ccccc4c4ccccc43)cc21. The van der Waals surface area contributed by atoms with Crippen molar-refractivity contribution in [3.8, 4) is 63.5 Å². The van der Waals surface area contributed by atoms with Crippen molar-refractivity contribution in [1.29, 1.82) is 10.5 Å². The lowest BCUT2D eigenvalue weighted by Crippen LogP contribution is -2.33. The Balaban J connectivity index is 0.889. The lowest BCUT2D eigenvalue weighted by molar-refractivity contribution is 0.436. The van der Waals surface area contributed by atoms with Gasteiger partial charge in [0.2, 0.25) is 0 Å². The van der Waals surface area contributed by atoms with E-state index in [0.717, 1.165) is 171 Å². The van der Waals surface area contributed by atoms with E-state index in [4.69, 9.17) is 14.7 Å². The number of ether oxygens (including phenoxy) is 1. The average molecular weight is 1210 g/mol. The molecule has 21 rings (SSSR count). The molecule has 0 radical (unpaired) electrons. The first kappa shape index (κ1) is 51.4. The van der Waals surface area contributed by atoms with Crippen LogP contribution >= 0.6 is 0 Å². The summed E-state index contributed by atoms with van der Waals surface area (Å²) in [4.78, 5) is 16.0. The van der Waals surface area contributed by atoms with Crippen LogP contribution in [0.2, 0.25) is 0 Å². The van der Waals surface area contributed by atoms with Crippen LogP contribution in [0.3, 0.4) is 0 Å². The summed E-state index contributed by atoms with van der Waals surface area (Å²) in [6.07, 6.45) is 7.83. The summed E-state index contributed by atoms with van der Waals surface area (Å²) in [5.74, 6) is 1.38. The Morgan fingerprint density at radius 1 is 0.284 bits per heavy atom. The monoisotopic (exact) mass is 1210 g/mol. The van der Waals surface area contributed by atoms with Gasteiger partial charge in [0.15, 0.2) is 0 Å². The number of nitriles is 2. The Morgan fingerprint density at radius 3 is 1.05 bits per heavy atom. The fourth-order valence-corrected chi connectivity index (χ4v) is 16.5. The number of nitrogens with zero attached hydrogens (tertiary/aromatic N) is 10. The number of para-hydroxylation sites is 6. The van der Waals surface area contributed by atoms with Crippen molar-refractivity contribution < 1.29 is 4.74 Å². The number of hydrogen-bond donors (Lipinski definition) is 0. The largest absolute Gasteiger partial charge is 0.457 e. The number of aromatic nitrogens is 8. The Hall–Kier alpha value is -13.4. The zero-order valence-corrected chi connectivity index (χ0v) is 50.4. The zero-order valence-electron chi connectivity index (χ0n) is 50.4. The predicted molar refractivity (Wildman–Crippen MR) is 378 cm³/mol. The van der Waals surface area contributed by atoms with Crippen molar-refractivity contribution in [2.24, 2.45) is 0 Å². The molecule has 11 aromatic carbocycles. The molecule has 0 amide bonds. The van der Waals surface area contributed by atoms with Crippen LogP contribution in [-0.4, -0.2) is 37.8 Å². The van der Waals surface area contributed by atoms with Crippen molar-refractivity contribution >= 4 is 109 Å². The third-order valence-electron chi connectivity index (χ3n) is 20.3. The molecule has 0 unspecified atom stereocenters. The van der Waals surface area contributed by atoms with E-state index in [2.05, 4.69) is 270 Å². The molecule has 0 atom stereocenters. The second-order valence-corrected chi connectivity index (χ2v) is 25.0. The number of rotatable bonds is 5. The Morgan fingerprint density at radius 2 is 0.611 bits per heavy atom. The molecule has 0 bridgehead atoms. The van der Waals surface area contributed by atoms with E-state index in [-0.39, 0.29) is 0 Å². The van der Waals surface area contributed by atoms with Gasteiger partial charge in [-0.2, -0.15) is 10.5 Å². The number of hydrogen-bond acceptors (Lipinski definition) is 6. The van der Waals surface area contributed by atoms with Crippen LogP contribution < -0.4 is 4.74 Å². The van der Waals surface area contributed by atoms with Gasteiger partial charge in [0.25, 0.3) is 0 Å². The molecule has 2 aliphatic rings. The van der Waals surface area contributed by atoms with E-state index in [1.807, 2.05) is 49.1 Å². The Labute approximate surface area is 540 Å². The van der Waals surface area contributed by atoms with E-state index in [0.29, 0.717) is 22.6 Å². The van der Waals surface area contributed by atoms with Crippen LogP contribution in [0.15, 0.2) is 280 Å². The fourth-order valence-electron chi connectivity index (χ4n) is 16.5. The topological polar surface area (TPSA) is 120 Å². The van der Waals surface area contributed by atoms with Gasteiger partial charge in [-0.1, -0.05) is 109 Å². The maximum atomic E-state index is 10.6. The molecular formula is C84H46N10O. The molecule has 0 N–H and O–H groups in total. The third kappa shape index (κ3) is 6.81. The summed E-state index contributed by atoms with van der Waals surface area (Å²) < 4.78 is 19.1. The van der Waals surface area contributed by atoms with Crippen LogP contribution in [0.5, 0.6) is 11.5 Å². The molecule has 1 aliphatic carbocycles. The number of pyridine rings is 3. The summed E-state index contributed by atoms with van der Waals surface area (Å²) in [7, 11) is 0. The second-order valence-electron chi connectivity index (χ2n) is 25.0. The highest BCUT2D eigenvalue weighted by atomic mass is 16.5. The molecule has 8 aromatic heterocycles. The minimum atomic E-state index is -1.18. The number of benzene rings is 11. The van der Waals surface area contributed by atoms with Crippen molar-refractivity contribution in [3.05, 3.63) is 313 Å². The van der Waals surface area contributed by atoms with Crippen LogP contribution in [0.4, 0.5) is 0 Å². The highest BCUT2D eigenvalue weighted by Crippen LogP contribution is 2.63. The lowest BCUT2D eigenvalue weighted by Gasteiger charge is -2.39. The van der Waals surface area contributed by atoms with Gasteiger partial charge in [-0.15, -0.1) is 0 Å². The molecule has 1 aliphatic heterocycles. The molecule has 19 aromatic rings. The van der Waals surface area contributed by atoms with Gasteiger partial charge in [0.1, 0.15) is 11.5 Å². The molecule has 1 spiro atoms. The smallest absolute Gasteiger partial charge is 0.132 e. The van der Waals surface area contributed by atoms with E-state index in [1.54, 1.807) is 0 Å². The summed E-state index contributed by atoms with van der Waals surface area (Å²) in [5, 5.41) is 31.7. The van der Waals surface area contributed by atoms with Gasteiger partial charge < -0.3 is 27.6 Å². The van der Waals surface area contributed by atoms with E-state index >= 15 is 0 Å². The molecular weight excluding hydrogens is 1160 g/mol. The Bertz CT molecular complexity index is 6430. The van der Waals surface area contributed by atoms with Crippen LogP contribution in [0.1, 0.15) is 33.4 Å². The van der Waals surface area contributed by atoms with Crippen LogP contribution in [0, 0.1) is 22.7 Å². The van der Waals surface area contributed by atoms with Crippen molar-refractivity contribution in [2.45, 2.75) is 5.41 Å². The van der Waals surface area contributed by atoms with Crippen molar-refractivity contribution in [2.75, 3.05) is 0 Å². The summed E-state index contributed by atoms with van der Waals surface area (Å²) >= 11 is 0. The first-order chi connectivity index (χ1) is 47.0. The highest BCUT2D eigenvalue weighted by molar-refractivity contribution is 6.14. The van der Waals surface area contributed by atoms with Gasteiger partial charge in [-0.25, -0.2) is 0 Å². The van der Waals surface area contributed by atoms with E-state index < -0.39 is 5.41 Å². The van der Waals surface area contributed by atoms with Gasteiger partial charge in [-0.3, -0.25) is 15.0 Å². The first-order valence-corrected chi connectivity index (χ1v) is 31.7. The van der Waals surface area contributed by atoms with Gasteiger partial charge in [0.05, 0.1) is 125 Å². The molecule has 0 saturated heterocycles. The molecule has 0 fully saturated rings. The summed E-state index contributed by atoms with van der Waals surface area (Å²) in [6, 6.07) is 95.0. The fraction of sp³-hybridized carbons (Fsp3) is 0.0119. The second kappa shape index (κ2) is 18.9. The minimum Gasteiger partial charge on any atom is -0.457 e. The maximum Gasteiger partial charge on any atom is 0.132 e.